The monoisotopic (exact) mass is 154 g/mol. The molecule has 0 aromatic rings. The zero-order chi connectivity index (χ0) is 8.48. The lowest BCUT2D eigenvalue weighted by atomic mass is 10.1. The molecule has 0 bridgehead atoms. The first-order chi connectivity index (χ1) is 5.08. The highest BCUT2D eigenvalue weighted by Crippen LogP contribution is 2.22. The van der Waals surface area contributed by atoms with Gasteiger partial charge in [0.25, 0.3) is 0 Å². The number of hydrogen-bond donors (Lipinski definition) is 0. The van der Waals surface area contributed by atoms with Crippen LogP contribution in [0.2, 0.25) is 0 Å². The molecular formula is C7H10N2O2. The minimum Gasteiger partial charge on any atom is -0.447 e. The van der Waals surface area contributed by atoms with E-state index in [1.165, 1.54) is 4.90 Å². The largest absolute Gasteiger partial charge is 0.447 e. The summed E-state index contributed by atoms with van der Waals surface area (Å²) in [4.78, 5) is 12.4. The van der Waals surface area contributed by atoms with E-state index in [-0.39, 0.29) is 12.1 Å². The van der Waals surface area contributed by atoms with Crippen molar-refractivity contribution in [2.45, 2.75) is 19.4 Å². The second kappa shape index (κ2) is 2.42. The Hall–Kier alpha value is -1.24. The van der Waals surface area contributed by atoms with Gasteiger partial charge in [0.05, 0.1) is 11.6 Å². The van der Waals surface area contributed by atoms with Crippen LogP contribution in [0.3, 0.4) is 0 Å². The van der Waals surface area contributed by atoms with E-state index in [1.54, 1.807) is 0 Å². The fourth-order valence-electron chi connectivity index (χ4n) is 0.991. The van der Waals surface area contributed by atoms with E-state index in [1.807, 2.05) is 19.9 Å². The third-order valence-electron chi connectivity index (χ3n) is 1.73. The Bertz CT molecular complexity index is 217. The third kappa shape index (κ3) is 1.27. The minimum atomic E-state index is -0.392. The van der Waals surface area contributed by atoms with E-state index in [0.717, 1.165) is 0 Å². The lowest BCUT2D eigenvalue weighted by Crippen LogP contribution is -2.41. The van der Waals surface area contributed by atoms with Gasteiger partial charge in [-0.3, -0.25) is 4.90 Å². The third-order valence-corrected chi connectivity index (χ3v) is 1.73. The van der Waals surface area contributed by atoms with Gasteiger partial charge in [0.15, 0.2) is 0 Å². The number of amides is 1. The smallest absolute Gasteiger partial charge is 0.411 e. The molecule has 0 aromatic carbocycles. The number of carbonyl (C=O) groups is 1. The molecule has 1 rings (SSSR count). The van der Waals surface area contributed by atoms with Crippen LogP contribution in [0.5, 0.6) is 0 Å². The fourth-order valence-corrected chi connectivity index (χ4v) is 0.991. The van der Waals surface area contributed by atoms with Gasteiger partial charge in [-0.05, 0) is 13.8 Å². The quantitative estimate of drug-likeness (QED) is 0.523. The molecule has 1 aliphatic heterocycles. The average molecular weight is 154 g/mol. The molecule has 0 atom stereocenters. The second-order valence-corrected chi connectivity index (χ2v) is 3.11. The van der Waals surface area contributed by atoms with E-state index in [4.69, 9.17) is 10.00 Å². The van der Waals surface area contributed by atoms with E-state index in [9.17, 15) is 4.79 Å². The van der Waals surface area contributed by atoms with Crippen molar-refractivity contribution < 1.29 is 9.53 Å². The molecule has 0 radical (unpaired) electrons. The summed E-state index contributed by atoms with van der Waals surface area (Å²) < 4.78 is 4.77. The second-order valence-electron chi connectivity index (χ2n) is 3.11. The molecule has 1 aliphatic rings. The van der Waals surface area contributed by atoms with Crippen LogP contribution in [0.25, 0.3) is 0 Å². The van der Waals surface area contributed by atoms with Gasteiger partial charge in [0, 0.05) is 0 Å². The molecule has 1 amide bonds. The lowest BCUT2D eigenvalue weighted by molar-refractivity contribution is 0.159. The van der Waals surface area contributed by atoms with Gasteiger partial charge in [0.2, 0.25) is 0 Å². The van der Waals surface area contributed by atoms with Crippen LogP contribution in [0.4, 0.5) is 4.79 Å². The van der Waals surface area contributed by atoms with Crippen LogP contribution in [0.15, 0.2) is 0 Å². The van der Waals surface area contributed by atoms with Gasteiger partial charge < -0.3 is 4.74 Å². The summed E-state index contributed by atoms with van der Waals surface area (Å²) in [7, 11) is 0. The molecule has 0 spiro atoms. The highest BCUT2D eigenvalue weighted by Gasteiger charge is 2.39. The summed E-state index contributed by atoms with van der Waals surface area (Å²) in [5.41, 5.74) is -0.327. The van der Waals surface area contributed by atoms with Crippen molar-refractivity contribution >= 4 is 6.09 Å². The minimum absolute atomic E-state index is 0.103. The molecule has 11 heavy (non-hydrogen) atoms. The van der Waals surface area contributed by atoms with Gasteiger partial charge >= 0.3 is 6.09 Å². The average Bonchev–Trinajstić information content (AvgIpc) is 2.16. The maximum absolute atomic E-state index is 10.9. The molecule has 4 heteroatoms. The van der Waals surface area contributed by atoms with Crippen LogP contribution in [-0.4, -0.2) is 29.7 Å². The molecule has 4 nitrogen and oxygen atoms in total. The van der Waals surface area contributed by atoms with E-state index < -0.39 is 6.09 Å². The zero-order valence-corrected chi connectivity index (χ0v) is 6.63. The molecule has 1 fully saturated rings. The van der Waals surface area contributed by atoms with Crippen molar-refractivity contribution in [1.82, 2.24) is 4.90 Å². The van der Waals surface area contributed by atoms with Gasteiger partial charge in [-0.15, -0.1) is 0 Å². The molecule has 0 aliphatic carbocycles. The molecule has 1 saturated heterocycles. The number of hydrogen-bond acceptors (Lipinski definition) is 3. The normalized spacial score (nSPS) is 21.2. The Kier molecular flexibility index (Phi) is 1.73. The van der Waals surface area contributed by atoms with Crippen LogP contribution >= 0.6 is 0 Å². The highest BCUT2D eigenvalue weighted by molar-refractivity contribution is 5.71. The molecule has 1 heterocycles. The van der Waals surface area contributed by atoms with Crippen molar-refractivity contribution in [3.63, 3.8) is 0 Å². The summed E-state index contributed by atoms with van der Waals surface area (Å²) in [6, 6.07) is 1.92. The zero-order valence-electron chi connectivity index (χ0n) is 6.63. The fraction of sp³-hybridized carbons (Fsp3) is 0.714. The number of ether oxygens (including phenoxy) is 1. The van der Waals surface area contributed by atoms with Crippen LogP contribution in [-0.2, 0) is 4.74 Å². The van der Waals surface area contributed by atoms with Crippen LogP contribution in [0.1, 0.15) is 13.8 Å². The van der Waals surface area contributed by atoms with Crippen molar-refractivity contribution in [3.05, 3.63) is 0 Å². The summed E-state index contributed by atoms with van der Waals surface area (Å²) in [6.45, 7) is 4.21. The van der Waals surface area contributed by atoms with E-state index >= 15 is 0 Å². The number of carbonyl (C=O) groups excluding carboxylic acids is 1. The maximum atomic E-state index is 10.9. The summed E-state index contributed by atoms with van der Waals surface area (Å²) in [5, 5.41) is 8.38. The van der Waals surface area contributed by atoms with Gasteiger partial charge in [-0.1, -0.05) is 0 Å². The number of cyclic esters (lactones) is 1. The number of nitrogens with zero attached hydrogens (tertiary/aromatic N) is 2. The predicted octanol–water partition coefficient (Wildman–Crippen LogP) is 0.741. The number of nitriles is 1. The van der Waals surface area contributed by atoms with E-state index in [0.29, 0.717) is 6.61 Å². The molecule has 60 valence electrons. The summed E-state index contributed by atoms with van der Waals surface area (Å²) in [6.07, 6.45) is -0.392. The summed E-state index contributed by atoms with van der Waals surface area (Å²) >= 11 is 0. The van der Waals surface area contributed by atoms with Crippen molar-refractivity contribution in [2.75, 3.05) is 13.2 Å². The Labute approximate surface area is 65.4 Å². The first-order valence-electron chi connectivity index (χ1n) is 3.39. The number of rotatable bonds is 1. The molecule has 0 N–H and O–H groups in total. The van der Waals surface area contributed by atoms with Crippen molar-refractivity contribution in [2.24, 2.45) is 0 Å². The Balaban J connectivity index is 2.74. The Morgan fingerprint density at radius 2 is 2.45 bits per heavy atom. The van der Waals surface area contributed by atoms with Gasteiger partial charge in [0.1, 0.15) is 13.2 Å². The SMILES string of the molecule is CC1(C)COC(=O)N1CC#N. The van der Waals surface area contributed by atoms with Gasteiger partial charge in [-0.2, -0.15) is 5.26 Å². The Morgan fingerprint density at radius 3 is 2.82 bits per heavy atom. The van der Waals surface area contributed by atoms with Crippen LogP contribution in [0, 0.1) is 11.3 Å². The van der Waals surface area contributed by atoms with E-state index in [2.05, 4.69) is 0 Å². The molecule has 0 aromatic heterocycles. The van der Waals surface area contributed by atoms with Crippen molar-refractivity contribution in [1.29, 1.82) is 5.26 Å². The van der Waals surface area contributed by atoms with Gasteiger partial charge in [-0.25, -0.2) is 4.79 Å². The highest BCUT2D eigenvalue weighted by atomic mass is 16.6. The van der Waals surface area contributed by atoms with Crippen molar-refractivity contribution in [3.8, 4) is 6.07 Å². The molecule has 0 unspecified atom stereocenters. The van der Waals surface area contributed by atoms with Crippen LogP contribution < -0.4 is 0 Å². The molecule has 0 saturated carbocycles. The topological polar surface area (TPSA) is 53.3 Å². The Morgan fingerprint density at radius 1 is 1.82 bits per heavy atom. The summed E-state index contributed by atoms with van der Waals surface area (Å²) in [5.74, 6) is 0. The lowest BCUT2D eigenvalue weighted by Gasteiger charge is -2.24. The first-order valence-corrected chi connectivity index (χ1v) is 3.39. The maximum Gasteiger partial charge on any atom is 0.411 e. The first kappa shape index (κ1) is 7.86. The standard InChI is InChI=1S/C7H10N2O2/c1-7(2)5-11-6(10)9(7)4-3-8/h4-5H2,1-2H3. The molecular weight excluding hydrogens is 144 g/mol. The predicted molar refractivity (Wildman–Crippen MR) is 37.7 cm³/mol.